The van der Waals surface area contributed by atoms with Crippen molar-refractivity contribution in [2.45, 2.75) is 31.6 Å². The normalized spacial score (nSPS) is 20.5. The zero-order chi connectivity index (χ0) is 13.5. The minimum atomic E-state index is 0.345. The van der Waals surface area contributed by atoms with Gasteiger partial charge in [-0.1, -0.05) is 18.2 Å². The van der Waals surface area contributed by atoms with Crippen molar-refractivity contribution in [3.63, 3.8) is 0 Å². The van der Waals surface area contributed by atoms with Crippen LogP contribution in [0.5, 0.6) is 0 Å². The van der Waals surface area contributed by atoms with Crippen LogP contribution in [-0.2, 0) is 4.79 Å². The number of rotatable bonds is 2. The van der Waals surface area contributed by atoms with Gasteiger partial charge >= 0.3 is 0 Å². The highest BCUT2D eigenvalue weighted by Crippen LogP contribution is 2.35. The first kappa shape index (κ1) is 12.0. The quantitative estimate of drug-likeness (QED) is 0.835. The second-order valence-electron chi connectivity index (χ2n) is 6.06. The molecular weight excluding hydrogens is 250 g/mol. The SMILES string of the molecule is O=C(C1CC1)N1CCC(c2cc3ccccc3o2)CC1. The summed E-state index contributed by atoms with van der Waals surface area (Å²) in [5.74, 6) is 2.28. The summed E-state index contributed by atoms with van der Waals surface area (Å²) in [6.07, 6.45) is 4.25. The molecule has 104 valence electrons. The summed E-state index contributed by atoms with van der Waals surface area (Å²) in [7, 11) is 0. The van der Waals surface area contributed by atoms with Crippen LogP contribution < -0.4 is 0 Å². The molecule has 1 aliphatic heterocycles. The van der Waals surface area contributed by atoms with Gasteiger partial charge in [-0.3, -0.25) is 4.79 Å². The van der Waals surface area contributed by atoms with Crippen LogP contribution in [0.2, 0.25) is 0 Å². The summed E-state index contributed by atoms with van der Waals surface area (Å²) in [5, 5.41) is 1.18. The Labute approximate surface area is 118 Å². The molecular formula is C17H19NO2. The maximum atomic E-state index is 12.0. The lowest BCUT2D eigenvalue weighted by Crippen LogP contribution is -2.38. The number of carbonyl (C=O) groups excluding carboxylic acids is 1. The average Bonchev–Trinajstić information content (AvgIpc) is 3.25. The first-order valence-electron chi connectivity index (χ1n) is 7.58. The Morgan fingerprint density at radius 2 is 1.85 bits per heavy atom. The molecule has 1 aliphatic carbocycles. The Morgan fingerprint density at radius 1 is 1.10 bits per heavy atom. The highest BCUT2D eigenvalue weighted by atomic mass is 16.3. The van der Waals surface area contributed by atoms with Gasteiger partial charge in [-0.15, -0.1) is 0 Å². The molecule has 1 aromatic carbocycles. The van der Waals surface area contributed by atoms with Gasteiger partial charge in [-0.25, -0.2) is 0 Å². The molecule has 2 heterocycles. The topological polar surface area (TPSA) is 33.5 Å². The number of likely N-dealkylation sites (tertiary alicyclic amines) is 1. The molecule has 0 radical (unpaired) electrons. The second kappa shape index (κ2) is 4.65. The fourth-order valence-electron chi connectivity index (χ4n) is 3.18. The minimum absolute atomic E-state index is 0.345. The molecule has 0 N–H and O–H groups in total. The number of benzene rings is 1. The summed E-state index contributed by atoms with van der Waals surface area (Å²) >= 11 is 0. The first-order valence-corrected chi connectivity index (χ1v) is 7.58. The van der Waals surface area contributed by atoms with Crippen molar-refractivity contribution in [1.82, 2.24) is 4.90 Å². The molecule has 0 spiro atoms. The summed E-state index contributed by atoms with van der Waals surface area (Å²) in [5.41, 5.74) is 0.971. The van der Waals surface area contributed by atoms with Crippen molar-refractivity contribution < 1.29 is 9.21 Å². The molecule has 1 saturated carbocycles. The molecule has 3 heteroatoms. The Hall–Kier alpha value is -1.77. The van der Waals surface area contributed by atoms with Crippen LogP contribution >= 0.6 is 0 Å². The largest absolute Gasteiger partial charge is 0.461 e. The molecule has 0 bridgehead atoms. The van der Waals surface area contributed by atoms with E-state index in [0.717, 1.165) is 50.1 Å². The van der Waals surface area contributed by atoms with Crippen LogP contribution in [0.1, 0.15) is 37.4 Å². The van der Waals surface area contributed by atoms with Crippen LogP contribution in [-0.4, -0.2) is 23.9 Å². The third-order valence-electron chi connectivity index (χ3n) is 4.58. The lowest BCUT2D eigenvalue weighted by molar-refractivity contribution is -0.133. The van der Waals surface area contributed by atoms with Crippen LogP contribution in [0.3, 0.4) is 0 Å². The Morgan fingerprint density at radius 3 is 2.55 bits per heavy atom. The fraction of sp³-hybridized carbons (Fsp3) is 0.471. The van der Waals surface area contributed by atoms with Gasteiger partial charge in [0.2, 0.25) is 5.91 Å². The van der Waals surface area contributed by atoms with Gasteiger partial charge in [-0.05, 0) is 37.8 Å². The lowest BCUT2D eigenvalue weighted by Gasteiger charge is -2.31. The van der Waals surface area contributed by atoms with E-state index in [0.29, 0.717) is 17.7 Å². The average molecular weight is 269 g/mol. The van der Waals surface area contributed by atoms with Crippen LogP contribution in [0.4, 0.5) is 0 Å². The molecule has 20 heavy (non-hydrogen) atoms. The molecule has 2 fully saturated rings. The summed E-state index contributed by atoms with van der Waals surface area (Å²) in [4.78, 5) is 14.1. The van der Waals surface area contributed by atoms with Crippen LogP contribution in [0.15, 0.2) is 34.7 Å². The number of hydrogen-bond donors (Lipinski definition) is 0. The number of furan rings is 1. The lowest BCUT2D eigenvalue weighted by atomic mass is 9.94. The zero-order valence-electron chi connectivity index (χ0n) is 11.5. The molecule has 0 unspecified atom stereocenters. The number of para-hydroxylation sites is 1. The van der Waals surface area contributed by atoms with E-state index in [1.807, 2.05) is 18.2 Å². The third kappa shape index (κ3) is 2.11. The van der Waals surface area contributed by atoms with Gasteiger partial charge in [-0.2, -0.15) is 0 Å². The molecule has 4 rings (SSSR count). The molecule has 0 atom stereocenters. The molecule has 1 saturated heterocycles. The van der Waals surface area contributed by atoms with Gasteiger partial charge in [0.1, 0.15) is 11.3 Å². The van der Waals surface area contributed by atoms with Gasteiger partial charge < -0.3 is 9.32 Å². The van der Waals surface area contributed by atoms with E-state index >= 15 is 0 Å². The van der Waals surface area contributed by atoms with E-state index in [1.54, 1.807) is 0 Å². The number of hydrogen-bond acceptors (Lipinski definition) is 2. The van der Waals surface area contributed by atoms with E-state index in [4.69, 9.17) is 4.42 Å². The second-order valence-corrected chi connectivity index (χ2v) is 6.06. The molecule has 3 nitrogen and oxygen atoms in total. The molecule has 2 aromatic rings. The fourth-order valence-corrected chi connectivity index (χ4v) is 3.18. The minimum Gasteiger partial charge on any atom is -0.461 e. The predicted molar refractivity (Wildman–Crippen MR) is 77.5 cm³/mol. The smallest absolute Gasteiger partial charge is 0.225 e. The Balaban J connectivity index is 1.46. The number of fused-ring (bicyclic) bond motifs is 1. The molecule has 1 aromatic heterocycles. The zero-order valence-corrected chi connectivity index (χ0v) is 11.5. The van der Waals surface area contributed by atoms with E-state index in [1.165, 1.54) is 5.39 Å². The first-order chi connectivity index (χ1) is 9.81. The molecule has 1 amide bonds. The van der Waals surface area contributed by atoms with Crippen molar-refractivity contribution in [2.24, 2.45) is 5.92 Å². The van der Waals surface area contributed by atoms with E-state index in [9.17, 15) is 4.79 Å². The van der Waals surface area contributed by atoms with Crippen molar-refractivity contribution in [3.8, 4) is 0 Å². The maximum absolute atomic E-state index is 12.0. The van der Waals surface area contributed by atoms with Crippen molar-refractivity contribution in [1.29, 1.82) is 0 Å². The Kier molecular flexibility index (Phi) is 2.79. The van der Waals surface area contributed by atoms with Gasteiger partial charge in [0, 0.05) is 30.3 Å². The van der Waals surface area contributed by atoms with E-state index in [2.05, 4.69) is 17.0 Å². The van der Waals surface area contributed by atoms with Crippen molar-refractivity contribution >= 4 is 16.9 Å². The summed E-state index contributed by atoms with van der Waals surface area (Å²) < 4.78 is 5.96. The van der Waals surface area contributed by atoms with E-state index < -0.39 is 0 Å². The summed E-state index contributed by atoms with van der Waals surface area (Å²) in [6, 6.07) is 10.3. The van der Waals surface area contributed by atoms with Gasteiger partial charge in [0.05, 0.1) is 0 Å². The van der Waals surface area contributed by atoms with Gasteiger partial charge in [0.15, 0.2) is 0 Å². The standard InChI is InChI=1S/C17H19NO2/c19-17(13-5-6-13)18-9-7-12(8-10-18)16-11-14-3-1-2-4-15(14)20-16/h1-4,11-13H,5-10H2. The highest BCUT2D eigenvalue weighted by Gasteiger charge is 2.35. The maximum Gasteiger partial charge on any atom is 0.225 e. The third-order valence-corrected chi connectivity index (χ3v) is 4.58. The van der Waals surface area contributed by atoms with Crippen molar-refractivity contribution in [3.05, 3.63) is 36.1 Å². The highest BCUT2D eigenvalue weighted by molar-refractivity contribution is 5.81. The number of nitrogens with zero attached hydrogens (tertiary/aromatic N) is 1. The number of piperidine rings is 1. The van der Waals surface area contributed by atoms with E-state index in [-0.39, 0.29) is 0 Å². The van der Waals surface area contributed by atoms with Crippen LogP contribution in [0, 0.1) is 5.92 Å². The predicted octanol–water partition coefficient (Wildman–Crippen LogP) is 3.55. The van der Waals surface area contributed by atoms with Gasteiger partial charge in [0.25, 0.3) is 0 Å². The number of amides is 1. The molecule has 2 aliphatic rings. The monoisotopic (exact) mass is 269 g/mol. The van der Waals surface area contributed by atoms with Crippen LogP contribution in [0.25, 0.3) is 11.0 Å². The summed E-state index contributed by atoms with van der Waals surface area (Å²) in [6.45, 7) is 1.77. The van der Waals surface area contributed by atoms with Crippen molar-refractivity contribution in [2.75, 3.05) is 13.1 Å². The number of carbonyl (C=O) groups is 1. The Bertz CT molecular complexity index is 600.